The molecular formula is C18H21ClN2O4S. The van der Waals surface area contributed by atoms with Crippen LogP contribution in [0.5, 0.6) is 0 Å². The van der Waals surface area contributed by atoms with E-state index in [0.717, 1.165) is 31.3 Å². The minimum Gasteiger partial charge on any atom is -0.451 e. The summed E-state index contributed by atoms with van der Waals surface area (Å²) in [5, 5.41) is 4.27. The number of hydrogen-bond donors (Lipinski definition) is 1. The highest BCUT2D eigenvalue weighted by Crippen LogP contribution is 2.29. The smallest absolute Gasteiger partial charge is 0.287 e. The van der Waals surface area contributed by atoms with Crippen molar-refractivity contribution in [3.05, 3.63) is 34.5 Å². The van der Waals surface area contributed by atoms with Gasteiger partial charge in [0, 0.05) is 22.0 Å². The first-order valence-corrected chi connectivity index (χ1v) is 11.0. The largest absolute Gasteiger partial charge is 0.451 e. The second-order valence-electron chi connectivity index (χ2n) is 7.16. The van der Waals surface area contributed by atoms with E-state index in [2.05, 4.69) is 10.2 Å². The normalized spacial score (nSPS) is 25.8. The van der Waals surface area contributed by atoms with Crippen molar-refractivity contribution in [2.45, 2.75) is 31.8 Å². The maximum Gasteiger partial charge on any atom is 0.287 e. The zero-order valence-electron chi connectivity index (χ0n) is 14.5. The molecule has 140 valence electrons. The van der Waals surface area contributed by atoms with Crippen molar-refractivity contribution in [3.8, 4) is 0 Å². The summed E-state index contributed by atoms with van der Waals surface area (Å²) in [7, 11) is -3.15. The third kappa shape index (κ3) is 3.23. The predicted octanol–water partition coefficient (Wildman–Crippen LogP) is 2.39. The summed E-state index contributed by atoms with van der Waals surface area (Å²) in [5.74, 6) is -0.0784. The number of halogens is 1. The topological polar surface area (TPSA) is 79.6 Å². The van der Waals surface area contributed by atoms with Gasteiger partial charge in [-0.05, 0) is 51.1 Å². The van der Waals surface area contributed by atoms with Gasteiger partial charge in [-0.15, -0.1) is 0 Å². The Morgan fingerprint density at radius 2 is 2.00 bits per heavy atom. The maximum absolute atomic E-state index is 12.8. The second-order valence-corrected chi connectivity index (χ2v) is 9.75. The molecule has 6 nitrogen and oxygen atoms in total. The SMILES string of the molecule is Cc1c(C(=O)NC2CS(=O)(=O)CC2N2CCCC2)oc2ccc(Cl)cc12. The molecule has 2 atom stereocenters. The third-order valence-corrected chi connectivity index (χ3v) is 7.30. The number of amides is 1. The molecule has 3 heterocycles. The highest BCUT2D eigenvalue weighted by molar-refractivity contribution is 7.91. The lowest BCUT2D eigenvalue weighted by Gasteiger charge is -2.28. The number of nitrogens with one attached hydrogen (secondary N) is 1. The van der Waals surface area contributed by atoms with Crippen LogP contribution in [0.4, 0.5) is 0 Å². The first-order valence-electron chi connectivity index (χ1n) is 8.78. The molecule has 2 unspecified atom stereocenters. The molecule has 0 bridgehead atoms. The summed E-state index contributed by atoms with van der Waals surface area (Å²) >= 11 is 6.03. The molecule has 2 fully saturated rings. The lowest BCUT2D eigenvalue weighted by atomic mass is 10.1. The zero-order chi connectivity index (χ0) is 18.5. The van der Waals surface area contributed by atoms with Gasteiger partial charge in [-0.3, -0.25) is 9.69 Å². The molecule has 4 rings (SSSR count). The van der Waals surface area contributed by atoms with Crippen LogP contribution in [0.15, 0.2) is 22.6 Å². The number of sulfone groups is 1. The number of hydrogen-bond acceptors (Lipinski definition) is 5. The average molecular weight is 397 g/mol. The number of rotatable bonds is 3. The van der Waals surface area contributed by atoms with Crippen LogP contribution >= 0.6 is 11.6 Å². The molecular weight excluding hydrogens is 376 g/mol. The Balaban J connectivity index is 1.59. The minimum atomic E-state index is -3.15. The fraction of sp³-hybridized carbons (Fsp3) is 0.500. The van der Waals surface area contributed by atoms with E-state index in [9.17, 15) is 13.2 Å². The summed E-state index contributed by atoms with van der Waals surface area (Å²) < 4.78 is 30.0. The number of furan rings is 1. The van der Waals surface area contributed by atoms with E-state index < -0.39 is 15.9 Å². The van der Waals surface area contributed by atoms with Crippen LogP contribution in [0.25, 0.3) is 11.0 Å². The Morgan fingerprint density at radius 1 is 1.27 bits per heavy atom. The third-order valence-electron chi connectivity index (χ3n) is 5.35. The Kier molecular flexibility index (Phi) is 4.49. The van der Waals surface area contributed by atoms with Gasteiger partial charge in [0.05, 0.1) is 17.5 Å². The van der Waals surface area contributed by atoms with E-state index in [1.165, 1.54) is 0 Å². The first-order chi connectivity index (χ1) is 12.3. The number of aryl methyl sites for hydroxylation is 1. The Morgan fingerprint density at radius 3 is 2.73 bits per heavy atom. The van der Waals surface area contributed by atoms with Crippen LogP contribution in [0.3, 0.4) is 0 Å². The van der Waals surface area contributed by atoms with Crippen LogP contribution in [0.2, 0.25) is 5.02 Å². The van der Waals surface area contributed by atoms with Crippen LogP contribution in [0, 0.1) is 6.92 Å². The molecule has 1 amide bonds. The quantitative estimate of drug-likeness (QED) is 0.861. The summed E-state index contributed by atoms with van der Waals surface area (Å²) in [5.41, 5.74) is 1.30. The molecule has 0 radical (unpaired) electrons. The molecule has 1 aromatic heterocycles. The molecule has 1 aromatic carbocycles. The van der Waals surface area contributed by atoms with Gasteiger partial charge in [-0.25, -0.2) is 8.42 Å². The van der Waals surface area contributed by atoms with Gasteiger partial charge in [-0.2, -0.15) is 0 Å². The van der Waals surface area contributed by atoms with Gasteiger partial charge in [0.15, 0.2) is 15.6 Å². The van der Waals surface area contributed by atoms with Gasteiger partial charge in [-0.1, -0.05) is 11.6 Å². The highest BCUT2D eigenvalue weighted by Gasteiger charge is 2.42. The minimum absolute atomic E-state index is 0.0228. The lowest BCUT2D eigenvalue weighted by molar-refractivity contribution is 0.0892. The van der Waals surface area contributed by atoms with Gasteiger partial charge in [0.25, 0.3) is 5.91 Å². The highest BCUT2D eigenvalue weighted by atomic mass is 35.5. The van der Waals surface area contributed by atoms with E-state index in [-0.39, 0.29) is 29.2 Å². The van der Waals surface area contributed by atoms with Crippen molar-refractivity contribution >= 4 is 38.3 Å². The van der Waals surface area contributed by atoms with Crippen molar-refractivity contribution in [1.82, 2.24) is 10.2 Å². The standard InChI is InChI=1S/C18H21ClN2O4S/c1-11-13-8-12(19)4-5-16(13)25-17(11)18(22)20-14-9-26(23,24)10-15(14)21-6-2-3-7-21/h4-5,8,14-15H,2-3,6-7,9-10H2,1H3,(H,20,22). The van der Waals surface area contributed by atoms with E-state index in [1.54, 1.807) is 25.1 Å². The number of carbonyl (C=O) groups is 1. The molecule has 0 spiro atoms. The molecule has 2 aromatic rings. The van der Waals surface area contributed by atoms with E-state index >= 15 is 0 Å². The summed E-state index contributed by atoms with van der Waals surface area (Å²) in [4.78, 5) is 15.0. The molecule has 2 saturated heterocycles. The van der Waals surface area contributed by atoms with E-state index in [4.69, 9.17) is 16.0 Å². The number of carbonyl (C=O) groups excluding carboxylic acids is 1. The number of likely N-dealkylation sites (tertiary alicyclic amines) is 1. The monoisotopic (exact) mass is 396 g/mol. The van der Waals surface area contributed by atoms with Crippen molar-refractivity contribution < 1.29 is 17.6 Å². The van der Waals surface area contributed by atoms with Crippen LogP contribution in [0.1, 0.15) is 29.0 Å². The van der Waals surface area contributed by atoms with Crippen LogP contribution in [-0.2, 0) is 9.84 Å². The van der Waals surface area contributed by atoms with Crippen molar-refractivity contribution in [3.63, 3.8) is 0 Å². The molecule has 2 aliphatic rings. The average Bonchev–Trinajstić information content (AvgIpc) is 3.26. The molecule has 2 aliphatic heterocycles. The zero-order valence-corrected chi connectivity index (χ0v) is 16.1. The molecule has 1 N–H and O–H groups in total. The predicted molar refractivity (Wildman–Crippen MR) is 100 cm³/mol. The lowest BCUT2D eigenvalue weighted by Crippen LogP contribution is -2.50. The molecule has 0 aliphatic carbocycles. The van der Waals surface area contributed by atoms with Crippen molar-refractivity contribution in [1.29, 1.82) is 0 Å². The fourth-order valence-electron chi connectivity index (χ4n) is 4.04. The summed E-state index contributed by atoms with van der Waals surface area (Å²) in [6.07, 6.45) is 2.14. The van der Waals surface area contributed by atoms with Crippen LogP contribution < -0.4 is 5.32 Å². The molecule has 8 heteroatoms. The summed E-state index contributed by atoms with van der Waals surface area (Å²) in [6, 6.07) is 4.63. The fourth-order valence-corrected chi connectivity index (χ4v) is 6.17. The number of fused-ring (bicyclic) bond motifs is 1. The Bertz CT molecular complexity index is 963. The molecule has 26 heavy (non-hydrogen) atoms. The van der Waals surface area contributed by atoms with Crippen molar-refractivity contribution in [2.75, 3.05) is 24.6 Å². The van der Waals surface area contributed by atoms with E-state index in [0.29, 0.717) is 16.2 Å². The second kappa shape index (κ2) is 6.55. The van der Waals surface area contributed by atoms with Gasteiger partial charge in [0.2, 0.25) is 0 Å². The Hall–Kier alpha value is -1.57. The maximum atomic E-state index is 12.8. The van der Waals surface area contributed by atoms with Crippen molar-refractivity contribution in [2.24, 2.45) is 0 Å². The van der Waals surface area contributed by atoms with Gasteiger partial charge >= 0.3 is 0 Å². The summed E-state index contributed by atoms with van der Waals surface area (Å²) in [6.45, 7) is 3.57. The Labute approximate surface area is 157 Å². The number of benzene rings is 1. The molecule has 0 saturated carbocycles. The van der Waals surface area contributed by atoms with Gasteiger partial charge in [0.1, 0.15) is 5.58 Å². The van der Waals surface area contributed by atoms with Gasteiger partial charge < -0.3 is 9.73 Å². The van der Waals surface area contributed by atoms with Crippen LogP contribution in [-0.4, -0.2) is 55.9 Å². The first kappa shape index (κ1) is 17.8. The van der Waals surface area contributed by atoms with E-state index in [1.807, 2.05) is 0 Å². The number of nitrogens with zero attached hydrogens (tertiary/aromatic N) is 1.